The monoisotopic (exact) mass is 142 g/mol. The molecule has 0 aromatic rings. The standard InChI is InChI=1S/C6H14N4/c7-4-5-2-1-3-10(5)6(8)9/h5H,1-4,7H2,(H3,8,9). The lowest BCUT2D eigenvalue weighted by Gasteiger charge is -2.22. The van der Waals surface area contributed by atoms with Crippen LogP contribution in [-0.2, 0) is 0 Å². The first-order valence-electron chi connectivity index (χ1n) is 3.56. The second-order valence-electron chi connectivity index (χ2n) is 2.61. The van der Waals surface area contributed by atoms with Gasteiger partial charge >= 0.3 is 0 Å². The predicted octanol–water partition coefficient (Wildman–Crippen LogP) is -0.697. The van der Waals surface area contributed by atoms with Crippen LogP contribution < -0.4 is 11.5 Å². The van der Waals surface area contributed by atoms with E-state index in [4.69, 9.17) is 16.9 Å². The maximum Gasteiger partial charge on any atom is 0.188 e. The normalized spacial score (nSPS) is 25.3. The van der Waals surface area contributed by atoms with Gasteiger partial charge in [0.25, 0.3) is 0 Å². The minimum atomic E-state index is 0.160. The fourth-order valence-electron chi connectivity index (χ4n) is 1.40. The SMILES string of the molecule is N=C(N)N1CCCC1CN. The third kappa shape index (κ3) is 1.21. The molecular formula is C6H14N4. The molecule has 10 heavy (non-hydrogen) atoms. The summed E-state index contributed by atoms with van der Waals surface area (Å²) in [5, 5.41) is 7.17. The number of likely N-dealkylation sites (tertiary alicyclic amines) is 1. The molecule has 0 amide bonds. The van der Waals surface area contributed by atoms with Crippen LogP contribution >= 0.6 is 0 Å². The van der Waals surface area contributed by atoms with E-state index in [9.17, 15) is 0 Å². The number of nitrogens with two attached hydrogens (primary N) is 2. The van der Waals surface area contributed by atoms with Crippen LogP contribution in [0, 0.1) is 5.41 Å². The molecule has 1 aliphatic heterocycles. The Morgan fingerprint density at radius 3 is 2.80 bits per heavy atom. The van der Waals surface area contributed by atoms with Gasteiger partial charge in [-0.15, -0.1) is 0 Å². The lowest BCUT2D eigenvalue weighted by atomic mass is 10.2. The number of nitrogens with zero attached hydrogens (tertiary/aromatic N) is 1. The molecule has 5 N–H and O–H groups in total. The minimum absolute atomic E-state index is 0.160. The summed E-state index contributed by atoms with van der Waals surface area (Å²) >= 11 is 0. The van der Waals surface area contributed by atoms with Gasteiger partial charge in [-0.25, -0.2) is 0 Å². The Labute approximate surface area is 60.7 Å². The lowest BCUT2D eigenvalue weighted by molar-refractivity contribution is 0.389. The molecule has 1 heterocycles. The van der Waals surface area contributed by atoms with Crippen molar-refractivity contribution in [3.63, 3.8) is 0 Å². The maximum atomic E-state index is 7.17. The topological polar surface area (TPSA) is 79.1 Å². The predicted molar refractivity (Wildman–Crippen MR) is 40.7 cm³/mol. The van der Waals surface area contributed by atoms with E-state index in [1.807, 2.05) is 4.90 Å². The summed E-state index contributed by atoms with van der Waals surface area (Å²) in [6.45, 7) is 1.51. The van der Waals surface area contributed by atoms with Gasteiger partial charge in [0.05, 0.1) is 0 Å². The van der Waals surface area contributed by atoms with Crippen LogP contribution in [0.4, 0.5) is 0 Å². The Morgan fingerprint density at radius 2 is 2.40 bits per heavy atom. The van der Waals surface area contributed by atoms with E-state index >= 15 is 0 Å². The van der Waals surface area contributed by atoms with E-state index in [-0.39, 0.29) is 5.96 Å². The Bertz CT molecular complexity index is 134. The van der Waals surface area contributed by atoms with Crippen LogP contribution in [0.2, 0.25) is 0 Å². The molecule has 0 aliphatic carbocycles. The highest BCUT2D eigenvalue weighted by atomic mass is 15.3. The molecule has 0 saturated carbocycles. The zero-order valence-corrected chi connectivity index (χ0v) is 6.01. The van der Waals surface area contributed by atoms with Crippen LogP contribution in [0.1, 0.15) is 12.8 Å². The van der Waals surface area contributed by atoms with E-state index in [0.717, 1.165) is 19.4 Å². The van der Waals surface area contributed by atoms with Crippen molar-refractivity contribution >= 4 is 5.96 Å². The summed E-state index contributed by atoms with van der Waals surface area (Å²) in [7, 11) is 0. The maximum absolute atomic E-state index is 7.17. The lowest BCUT2D eigenvalue weighted by Crippen LogP contribution is -2.43. The van der Waals surface area contributed by atoms with Gasteiger partial charge in [0.2, 0.25) is 0 Å². The van der Waals surface area contributed by atoms with Crippen molar-refractivity contribution in [3.8, 4) is 0 Å². The highest BCUT2D eigenvalue weighted by Crippen LogP contribution is 2.14. The van der Waals surface area contributed by atoms with Gasteiger partial charge in [0.1, 0.15) is 0 Å². The second-order valence-corrected chi connectivity index (χ2v) is 2.61. The van der Waals surface area contributed by atoms with Gasteiger partial charge in [-0.1, -0.05) is 0 Å². The third-order valence-corrected chi connectivity index (χ3v) is 1.96. The Kier molecular flexibility index (Phi) is 2.11. The smallest absolute Gasteiger partial charge is 0.188 e. The van der Waals surface area contributed by atoms with Crippen LogP contribution in [0.3, 0.4) is 0 Å². The van der Waals surface area contributed by atoms with Gasteiger partial charge < -0.3 is 16.4 Å². The van der Waals surface area contributed by atoms with Crippen LogP contribution in [0.25, 0.3) is 0 Å². The minimum Gasteiger partial charge on any atom is -0.370 e. The van der Waals surface area contributed by atoms with Crippen molar-refractivity contribution in [2.45, 2.75) is 18.9 Å². The third-order valence-electron chi connectivity index (χ3n) is 1.96. The average molecular weight is 142 g/mol. The fourth-order valence-corrected chi connectivity index (χ4v) is 1.40. The van der Waals surface area contributed by atoms with Crippen LogP contribution in [0.15, 0.2) is 0 Å². The Morgan fingerprint density at radius 1 is 1.70 bits per heavy atom. The van der Waals surface area contributed by atoms with Crippen molar-refractivity contribution in [3.05, 3.63) is 0 Å². The molecule has 0 radical (unpaired) electrons. The molecule has 1 unspecified atom stereocenters. The highest BCUT2D eigenvalue weighted by molar-refractivity contribution is 5.75. The van der Waals surface area contributed by atoms with E-state index in [1.54, 1.807) is 0 Å². The van der Waals surface area contributed by atoms with E-state index in [0.29, 0.717) is 12.6 Å². The number of hydrogen-bond donors (Lipinski definition) is 3. The molecule has 58 valence electrons. The summed E-state index contributed by atoms with van der Waals surface area (Å²) in [6.07, 6.45) is 2.19. The molecule has 0 aromatic carbocycles. The quantitative estimate of drug-likeness (QED) is 0.334. The van der Waals surface area contributed by atoms with Crippen molar-refractivity contribution in [1.29, 1.82) is 5.41 Å². The Hall–Kier alpha value is -0.770. The largest absolute Gasteiger partial charge is 0.370 e. The molecule has 1 aliphatic rings. The van der Waals surface area contributed by atoms with Crippen molar-refractivity contribution < 1.29 is 0 Å². The number of hydrogen-bond acceptors (Lipinski definition) is 2. The summed E-state index contributed by atoms with van der Waals surface area (Å²) in [5.74, 6) is 0.160. The van der Waals surface area contributed by atoms with E-state index in [1.165, 1.54) is 0 Å². The fraction of sp³-hybridized carbons (Fsp3) is 0.833. The van der Waals surface area contributed by atoms with Crippen molar-refractivity contribution in [2.75, 3.05) is 13.1 Å². The molecule has 4 nitrogen and oxygen atoms in total. The molecule has 1 atom stereocenters. The molecule has 1 fully saturated rings. The Balaban J connectivity index is 2.50. The molecule has 4 heteroatoms. The summed E-state index contributed by atoms with van der Waals surface area (Å²) in [6, 6.07) is 0.317. The number of nitrogens with one attached hydrogen (secondary N) is 1. The molecule has 0 bridgehead atoms. The summed E-state index contributed by atoms with van der Waals surface area (Å²) in [4.78, 5) is 1.86. The van der Waals surface area contributed by atoms with Crippen molar-refractivity contribution in [2.24, 2.45) is 11.5 Å². The first-order valence-corrected chi connectivity index (χ1v) is 3.56. The van der Waals surface area contributed by atoms with Gasteiger partial charge in [-0.2, -0.15) is 0 Å². The zero-order valence-electron chi connectivity index (χ0n) is 6.01. The average Bonchev–Trinajstić information content (AvgIpc) is 2.33. The van der Waals surface area contributed by atoms with Gasteiger partial charge in [-0.3, -0.25) is 5.41 Å². The molecule has 0 aromatic heterocycles. The van der Waals surface area contributed by atoms with Gasteiger partial charge in [-0.05, 0) is 12.8 Å². The van der Waals surface area contributed by atoms with Crippen molar-refractivity contribution in [1.82, 2.24) is 4.90 Å². The summed E-state index contributed by atoms with van der Waals surface area (Å²) in [5.41, 5.74) is 10.8. The molecular weight excluding hydrogens is 128 g/mol. The summed E-state index contributed by atoms with van der Waals surface area (Å²) < 4.78 is 0. The second kappa shape index (κ2) is 2.88. The molecule has 1 saturated heterocycles. The van der Waals surface area contributed by atoms with Crippen LogP contribution in [-0.4, -0.2) is 30.0 Å². The number of rotatable bonds is 1. The van der Waals surface area contributed by atoms with Gasteiger partial charge in [0, 0.05) is 19.1 Å². The van der Waals surface area contributed by atoms with E-state index in [2.05, 4.69) is 0 Å². The van der Waals surface area contributed by atoms with Gasteiger partial charge in [0.15, 0.2) is 5.96 Å². The van der Waals surface area contributed by atoms with Crippen LogP contribution in [0.5, 0.6) is 0 Å². The first-order chi connectivity index (χ1) is 4.75. The van der Waals surface area contributed by atoms with E-state index < -0.39 is 0 Å². The molecule has 1 rings (SSSR count). The molecule has 0 spiro atoms. The highest BCUT2D eigenvalue weighted by Gasteiger charge is 2.23. The number of guanidine groups is 1. The first kappa shape index (κ1) is 7.34. The zero-order chi connectivity index (χ0) is 7.56.